The largest absolute Gasteiger partial charge is 0.308 e. The Hall–Kier alpha value is -0.340. The lowest BCUT2D eigenvalue weighted by Crippen LogP contribution is -2.30. The Balaban J connectivity index is 1.67. The summed E-state index contributed by atoms with van der Waals surface area (Å²) in [7, 11) is 0. The van der Waals surface area contributed by atoms with Crippen molar-refractivity contribution in [1.82, 2.24) is 5.32 Å². The summed E-state index contributed by atoms with van der Waals surface area (Å²) in [6.07, 6.45) is 8.55. The van der Waals surface area contributed by atoms with Crippen LogP contribution in [-0.2, 0) is 0 Å². The van der Waals surface area contributed by atoms with Crippen LogP contribution < -0.4 is 5.32 Å². The molecule has 17 heavy (non-hydrogen) atoms. The molecule has 1 nitrogen and oxygen atoms in total. The van der Waals surface area contributed by atoms with E-state index in [9.17, 15) is 0 Å². The van der Waals surface area contributed by atoms with Crippen LogP contribution in [0.2, 0.25) is 0 Å². The Bertz CT molecular complexity index is 347. The van der Waals surface area contributed by atoms with Crippen LogP contribution >= 0.6 is 11.3 Å². The summed E-state index contributed by atoms with van der Waals surface area (Å²) in [6.45, 7) is 3.63. The SMILES string of the molecule is CC1(CNC(c2cccs2)C2CCCC2)CC1. The lowest BCUT2D eigenvalue weighted by atomic mass is 9.96. The predicted molar refractivity (Wildman–Crippen MR) is 74.4 cm³/mol. The molecule has 0 amide bonds. The fraction of sp³-hybridized carbons (Fsp3) is 0.733. The van der Waals surface area contributed by atoms with Crippen LogP contribution in [0.5, 0.6) is 0 Å². The monoisotopic (exact) mass is 249 g/mol. The smallest absolute Gasteiger partial charge is 0.0443 e. The molecule has 0 saturated heterocycles. The van der Waals surface area contributed by atoms with Crippen LogP contribution in [0.4, 0.5) is 0 Å². The molecule has 1 atom stereocenters. The fourth-order valence-corrected chi connectivity index (χ4v) is 3.90. The molecular formula is C15H23NS. The minimum absolute atomic E-state index is 0.619. The molecular weight excluding hydrogens is 226 g/mol. The fourth-order valence-electron chi connectivity index (χ4n) is 3.01. The van der Waals surface area contributed by atoms with Gasteiger partial charge in [0.15, 0.2) is 0 Å². The lowest BCUT2D eigenvalue weighted by molar-refractivity contribution is 0.343. The first-order valence-electron chi connectivity index (χ1n) is 7.04. The van der Waals surface area contributed by atoms with Crippen molar-refractivity contribution in [3.05, 3.63) is 22.4 Å². The molecule has 0 aromatic carbocycles. The van der Waals surface area contributed by atoms with E-state index in [0.717, 1.165) is 5.92 Å². The molecule has 2 heteroatoms. The molecule has 0 spiro atoms. The highest BCUT2D eigenvalue weighted by Gasteiger charge is 2.38. The van der Waals surface area contributed by atoms with Crippen molar-refractivity contribution < 1.29 is 0 Å². The van der Waals surface area contributed by atoms with Gasteiger partial charge >= 0.3 is 0 Å². The quantitative estimate of drug-likeness (QED) is 0.817. The minimum Gasteiger partial charge on any atom is -0.308 e. The first kappa shape index (κ1) is 11.7. The maximum atomic E-state index is 3.88. The molecule has 1 heterocycles. The molecule has 2 fully saturated rings. The van der Waals surface area contributed by atoms with E-state index in [1.165, 1.54) is 45.1 Å². The summed E-state index contributed by atoms with van der Waals surface area (Å²) >= 11 is 1.93. The summed E-state index contributed by atoms with van der Waals surface area (Å²) in [6, 6.07) is 5.15. The van der Waals surface area contributed by atoms with Gasteiger partial charge in [-0.1, -0.05) is 25.8 Å². The highest BCUT2D eigenvalue weighted by molar-refractivity contribution is 7.10. The Morgan fingerprint density at radius 1 is 1.41 bits per heavy atom. The molecule has 94 valence electrons. The van der Waals surface area contributed by atoms with Gasteiger partial charge in [0, 0.05) is 17.5 Å². The highest BCUT2D eigenvalue weighted by atomic mass is 32.1. The van der Waals surface area contributed by atoms with Gasteiger partial charge in [-0.05, 0) is 48.5 Å². The van der Waals surface area contributed by atoms with E-state index in [-0.39, 0.29) is 0 Å². The van der Waals surface area contributed by atoms with Crippen molar-refractivity contribution in [2.24, 2.45) is 11.3 Å². The van der Waals surface area contributed by atoms with Crippen molar-refractivity contribution in [1.29, 1.82) is 0 Å². The number of nitrogens with one attached hydrogen (secondary N) is 1. The molecule has 1 unspecified atom stereocenters. The van der Waals surface area contributed by atoms with E-state index in [2.05, 4.69) is 29.8 Å². The zero-order valence-electron chi connectivity index (χ0n) is 10.7. The number of hydrogen-bond acceptors (Lipinski definition) is 2. The van der Waals surface area contributed by atoms with Gasteiger partial charge in [-0.25, -0.2) is 0 Å². The third kappa shape index (κ3) is 2.74. The zero-order valence-corrected chi connectivity index (χ0v) is 11.6. The summed E-state index contributed by atoms with van der Waals surface area (Å²) in [5.74, 6) is 0.885. The van der Waals surface area contributed by atoms with Crippen molar-refractivity contribution in [2.45, 2.75) is 51.5 Å². The second kappa shape index (κ2) is 4.74. The van der Waals surface area contributed by atoms with E-state index in [1.54, 1.807) is 4.88 Å². The second-order valence-corrected chi connectivity index (χ2v) is 7.21. The average molecular weight is 249 g/mol. The van der Waals surface area contributed by atoms with E-state index in [4.69, 9.17) is 0 Å². The maximum Gasteiger partial charge on any atom is 0.0443 e. The van der Waals surface area contributed by atoms with Crippen molar-refractivity contribution in [3.8, 4) is 0 Å². The van der Waals surface area contributed by atoms with E-state index in [1.807, 2.05) is 11.3 Å². The summed E-state index contributed by atoms with van der Waals surface area (Å²) in [5.41, 5.74) is 0.619. The Morgan fingerprint density at radius 3 is 2.76 bits per heavy atom. The van der Waals surface area contributed by atoms with Crippen LogP contribution in [0.15, 0.2) is 17.5 Å². The van der Waals surface area contributed by atoms with Gasteiger partial charge in [0.1, 0.15) is 0 Å². The summed E-state index contributed by atoms with van der Waals surface area (Å²) in [4.78, 5) is 1.56. The average Bonchev–Trinajstić information content (AvgIpc) is 2.84. The lowest BCUT2D eigenvalue weighted by Gasteiger charge is -2.25. The highest BCUT2D eigenvalue weighted by Crippen LogP contribution is 2.45. The first-order valence-corrected chi connectivity index (χ1v) is 7.92. The topological polar surface area (TPSA) is 12.0 Å². The van der Waals surface area contributed by atoms with Crippen LogP contribution in [0.3, 0.4) is 0 Å². The Labute approximate surface area is 109 Å². The number of thiophene rings is 1. The minimum atomic E-state index is 0.619. The van der Waals surface area contributed by atoms with Crippen LogP contribution in [-0.4, -0.2) is 6.54 Å². The third-order valence-corrected chi connectivity index (χ3v) is 5.53. The second-order valence-electron chi connectivity index (χ2n) is 6.23. The molecule has 2 aliphatic carbocycles. The van der Waals surface area contributed by atoms with E-state index >= 15 is 0 Å². The first-order chi connectivity index (χ1) is 8.27. The van der Waals surface area contributed by atoms with Gasteiger partial charge < -0.3 is 5.32 Å². The number of hydrogen-bond donors (Lipinski definition) is 1. The van der Waals surface area contributed by atoms with Gasteiger partial charge in [0.25, 0.3) is 0 Å². The molecule has 0 aliphatic heterocycles. The third-order valence-electron chi connectivity index (χ3n) is 4.57. The molecule has 1 N–H and O–H groups in total. The van der Waals surface area contributed by atoms with Crippen molar-refractivity contribution in [2.75, 3.05) is 6.54 Å². The van der Waals surface area contributed by atoms with Gasteiger partial charge in [-0.3, -0.25) is 0 Å². The zero-order chi connectivity index (χ0) is 11.7. The van der Waals surface area contributed by atoms with Crippen LogP contribution in [0.25, 0.3) is 0 Å². The molecule has 3 rings (SSSR count). The Kier molecular flexibility index (Phi) is 3.27. The normalized spacial score (nSPS) is 25.0. The molecule has 2 aliphatic rings. The Morgan fingerprint density at radius 2 is 2.18 bits per heavy atom. The van der Waals surface area contributed by atoms with Crippen LogP contribution in [0, 0.1) is 11.3 Å². The molecule has 0 radical (unpaired) electrons. The summed E-state index contributed by atoms with van der Waals surface area (Å²) < 4.78 is 0. The van der Waals surface area contributed by atoms with Crippen LogP contribution in [0.1, 0.15) is 56.4 Å². The molecule has 0 bridgehead atoms. The number of rotatable bonds is 5. The standard InChI is InChI=1S/C15H23NS/c1-15(8-9-15)11-16-14(12-5-2-3-6-12)13-7-4-10-17-13/h4,7,10,12,14,16H,2-3,5-6,8-9,11H2,1H3. The summed E-state index contributed by atoms with van der Waals surface area (Å²) in [5, 5.41) is 6.10. The van der Waals surface area contributed by atoms with Gasteiger partial charge in [-0.2, -0.15) is 0 Å². The van der Waals surface area contributed by atoms with Gasteiger partial charge in [0.2, 0.25) is 0 Å². The van der Waals surface area contributed by atoms with Gasteiger partial charge in [0.05, 0.1) is 0 Å². The van der Waals surface area contributed by atoms with Crippen molar-refractivity contribution >= 4 is 11.3 Å². The van der Waals surface area contributed by atoms with E-state index < -0.39 is 0 Å². The maximum absolute atomic E-state index is 3.88. The molecule has 1 aromatic heterocycles. The van der Waals surface area contributed by atoms with E-state index in [0.29, 0.717) is 11.5 Å². The molecule has 1 aromatic rings. The predicted octanol–water partition coefficient (Wildman–Crippen LogP) is 4.37. The van der Waals surface area contributed by atoms with Gasteiger partial charge in [-0.15, -0.1) is 11.3 Å². The molecule has 2 saturated carbocycles. The van der Waals surface area contributed by atoms with Crippen molar-refractivity contribution in [3.63, 3.8) is 0 Å².